The van der Waals surface area contributed by atoms with Crippen LogP contribution >= 0.6 is 0 Å². The fraction of sp³-hybridized carbons (Fsp3) is 0.127. The van der Waals surface area contributed by atoms with E-state index in [0.29, 0.717) is 5.56 Å². The van der Waals surface area contributed by atoms with Crippen molar-refractivity contribution in [1.29, 1.82) is 0 Å². The minimum Gasteiger partial charge on any atom is -0.501 e. The van der Waals surface area contributed by atoms with Crippen molar-refractivity contribution in [2.75, 3.05) is 0 Å². The Balaban J connectivity index is 0.000000180. The van der Waals surface area contributed by atoms with Gasteiger partial charge in [-0.15, -0.1) is 53.6 Å². The Bertz CT molecular complexity index is 3230. The minimum atomic E-state index is -2.11. The number of furan rings is 1. The standard InChI is InChI=1S/C34H24NO.C21H22NSi.Ir/c1-34(2,23-10-4-3-5-11-23)24-19-20-35-30(21-24)28-13-8-14-29-32-27-16-15-22-9-6-7-12-25(22)26(27)17-18-31(32)36-33(28)29;1-16-10-12-18(13-11-16)20-14-19(17-8-6-5-7-9-17)21(15-22-20)23(2,3)4;/h3-12,14-21H,1-2H3;5-12,14-15H,1-4H3;/q2*-1;/i;1D3;. The Morgan fingerprint density at radius 2 is 1.40 bits per heavy atom. The van der Waals surface area contributed by atoms with E-state index in [-0.39, 0.29) is 25.5 Å². The fourth-order valence-electron chi connectivity index (χ4n) is 8.14. The molecule has 0 atom stereocenters. The molecular weight excluding hydrogens is 925 g/mol. The molecule has 0 N–H and O–H groups in total. The molecule has 1 radical (unpaired) electrons. The molecule has 60 heavy (non-hydrogen) atoms. The van der Waals surface area contributed by atoms with Crippen LogP contribution in [0.1, 0.15) is 34.7 Å². The zero-order valence-corrected chi connectivity index (χ0v) is 37.7. The summed E-state index contributed by atoms with van der Waals surface area (Å²) < 4.78 is 29.0. The first kappa shape index (κ1) is 37.1. The predicted molar refractivity (Wildman–Crippen MR) is 251 cm³/mol. The quantitative estimate of drug-likeness (QED) is 0.0947. The number of aryl methyl sites for hydroxylation is 1. The average molecular weight is 974 g/mol. The number of benzene rings is 7. The van der Waals surface area contributed by atoms with Crippen LogP contribution in [0.5, 0.6) is 0 Å². The van der Waals surface area contributed by atoms with Crippen molar-refractivity contribution in [3.8, 4) is 33.6 Å². The van der Waals surface area contributed by atoms with Crippen molar-refractivity contribution in [3.05, 3.63) is 199 Å². The second-order valence-electron chi connectivity index (χ2n) is 16.7. The van der Waals surface area contributed by atoms with Crippen LogP contribution in [0.2, 0.25) is 19.6 Å². The molecule has 3 heterocycles. The van der Waals surface area contributed by atoms with E-state index in [2.05, 4.69) is 166 Å². The summed E-state index contributed by atoms with van der Waals surface area (Å²) in [6, 6.07) is 60.1. The van der Waals surface area contributed by atoms with Crippen LogP contribution in [0.3, 0.4) is 0 Å². The largest absolute Gasteiger partial charge is 0.501 e. The van der Waals surface area contributed by atoms with Gasteiger partial charge in [-0.1, -0.05) is 167 Å². The van der Waals surface area contributed by atoms with Crippen molar-refractivity contribution in [1.82, 2.24) is 9.97 Å². The van der Waals surface area contributed by atoms with Crippen LogP contribution in [0.4, 0.5) is 0 Å². The van der Waals surface area contributed by atoms with Crippen molar-refractivity contribution >= 4 is 56.7 Å². The first-order valence-corrected chi connectivity index (χ1v) is 23.6. The van der Waals surface area contributed by atoms with Crippen LogP contribution in [-0.2, 0) is 25.5 Å². The van der Waals surface area contributed by atoms with Crippen LogP contribution in [0.25, 0.3) is 77.1 Å². The summed E-state index contributed by atoms with van der Waals surface area (Å²) in [6.45, 7) is 9.33. The van der Waals surface area contributed by atoms with Gasteiger partial charge in [-0.25, -0.2) is 0 Å². The molecule has 0 spiro atoms. The van der Waals surface area contributed by atoms with Crippen LogP contribution in [0.15, 0.2) is 175 Å². The molecule has 3 nitrogen and oxygen atoms in total. The molecule has 0 bridgehead atoms. The topological polar surface area (TPSA) is 38.9 Å². The van der Waals surface area contributed by atoms with Crippen LogP contribution < -0.4 is 5.19 Å². The number of nitrogens with zero attached hydrogens (tertiary/aromatic N) is 2. The molecule has 0 aliphatic carbocycles. The van der Waals surface area contributed by atoms with Gasteiger partial charge in [0.25, 0.3) is 0 Å². The number of aromatic nitrogens is 2. The van der Waals surface area contributed by atoms with Gasteiger partial charge in [0.15, 0.2) is 0 Å². The first-order chi connectivity index (χ1) is 29.8. The Morgan fingerprint density at radius 1 is 0.650 bits per heavy atom. The number of hydrogen-bond donors (Lipinski definition) is 0. The van der Waals surface area contributed by atoms with Gasteiger partial charge in [0.05, 0.1) is 13.7 Å². The summed E-state index contributed by atoms with van der Waals surface area (Å²) in [4.78, 5) is 9.41. The molecule has 0 fully saturated rings. The summed E-state index contributed by atoms with van der Waals surface area (Å²) in [5.41, 5.74) is 10.1. The molecule has 0 saturated carbocycles. The monoisotopic (exact) mass is 974 g/mol. The number of hydrogen-bond acceptors (Lipinski definition) is 3. The molecule has 297 valence electrons. The smallest absolute Gasteiger partial charge is 0.121 e. The van der Waals surface area contributed by atoms with Crippen molar-refractivity contribution in [2.45, 2.75) is 45.8 Å². The molecule has 0 saturated heterocycles. The van der Waals surface area contributed by atoms with Crippen molar-refractivity contribution in [3.63, 3.8) is 0 Å². The normalized spacial score (nSPS) is 12.7. The average Bonchev–Trinajstić information content (AvgIpc) is 3.69. The third-order valence-corrected chi connectivity index (χ3v) is 13.5. The Hall–Kier alpha value is -5.97. The van der Waals surface area contributed by atoms with Gasteiger partial charge in [-0.05, 0) is 72.5 Å². The number of rotatable bonds is 6. The van der Waals surface area contributed by atoms with Gasteiger partial charge < -0.3 is 14.4 Å². The molecule has 3 aromatic heterocycles. The molecule has 0 amide bonds. The summed E-state index contributed by atoms with van der Waals surface area (Å²) in [5.74, 6) is 0. The van der Waals surface area contributed by atoms with Gasteiger partial charge >= 0.3 is 0 Å². The molecule has 5 heteroatoms. The molecular formula is C55H46IrN2OSi-2. The minimum absolute atomic E-state index is 0. The van der Waals surface area contributed by atoms with E-state index >= 15 is 0 Å². The number of pyridine rings is 2. The molecule has 0 aliphatic rings. The van der Waals surface area contributed by atoms with Crippen LogP contribution in [0, 0.1) is 19.0 Å². The maximum absolute atomic E-state index is 7.49. The third-order valence-electron chi connectivity index (χ3n) is 11.4. The molecule has 10 rings (SSSR count). The summed E-state index contributed by atoms with van der Waals surface area (Å²) in [7, 11) is -1.57. The van der Waals surface area contributed by atoms with E-state index in [1.807, 2.05) is 36.7 Å². The fourth-order valence-corrected chi connectivity index (χ4v) is 9.61. The maximum atomic E-state index is 7.49. The number of fused-ring (bicyclic) bond motifs is 7. The Labute approximate surface area is 371 Å². The van der Waals surface area contributed by atoms with E-state index in [1.165, 1.54) is 49.0 Å². The Morgan fingerprint density at radius 3 is 2.15 bits per heavy atom. The molecule has 10 aromatic rings. The summed E-state index contributed by atoms with van der Waals surface area (Å²) in [6.07, 6.45) is 3.88. The van der Waals surface area contributed by atoms with Gasteiger partial charge in [-0.2, -0.15) is 0 Å². The summed E-state index contributed by atoms with van der Waals surface area (Å²) >= 11 is 0. The van der Waals surface area contributed by atoms with E-state index in [4.69, 9.17) is 13.5 Å². The van der Waals surface area contributed by atoms with Crippen molar-refractivity contribution in [2.24, 2.45) is 0 Å². The molecule has 0 unspecified atom stereocenters. The maximum Gasteiger partial charge on any atom is 0.121 e. The molecule has 7 aromatic carbocycles. The zero-order valence-electron chi connectivity index (χ0n) is 37.3. The van der Waals surface area contributed by atoms with Gasteiger partial charge in [0, 0.05) is 47.4 Å². The van der Waals surface area contributed by atoms with E-state index in [1.54, 1.807) is 18.2 Å². The SMILES string of the molecule is CC(C)(c1ccccc1)c1ccnc(-c2[c-]ccc3c2oc2ccc4c5ccccc5ccc4c23)c1.[2H]C([2H])([2H])c1c[c-]c(-c2cc(-c3ccccc3)c([Si](C)(C)C)cn2)cc1.[Ir]. The second kappa shape index (κ2) is 16.6. The van der Waals surface area contributed by atoms with Gasteiger partial charge in [-0.3, -0.25) is 0 Å². The van der Waals surface area contributed by atoms with Crippen LogP contribution in [-0.4, -0.2) is 18.0 Å². The van der Waals surface area contributed by atoms with Gasteiger partial charge in [0.1, 0.15) is 5.58 Å². The van der Waals surface area contributed by atoms with E-state index < -0.39 is 14.9 Å². The van der Waals surface area contributed by atoms with Crippen molar-refractivity contribution < 1.29 is 28.6 Å². The van der Waals surface area contributed by atoms with E-state index in [9.17, 15) is 0 Å². The molecule has 0 aliphatic heterocycles. The van der Waals surface area contributed by atoms with E-state index in [0.717, 1.165) is 44.5 Å². The second-order valence-corrected chi connectivity index (χ2v) is 21.7. The Kier molecular flexibility index (Phi) is 10.2. The predicted octanol–water partition coefficient (Wildman–Crippen LogP) is 14.1. The summed E-state index contributed by atoms with van der Waals surface area (Å²) in [5, 5.41) is 8.49. The third kappa shape index (κ3) is 7.77. The first-order valence-electron chi connectivity index (χ1n) is 21.6. The zero-order chi connectivity index (χ0) is 43.2. The van der Waals surface area contributed by atoms with Gasteiger partial charge in [0.2, 0.25) is 0 Å².